The molecule has 0 radical (unpaired) electrons. The smallest absolute Gasteiger partial charge is 0.261 e. The van der Waals surface area contributed by atoms with Gasteiger partial charge in [0.15, 0.2) is 6.10 Å². The van der Waals surface area contributed by atoms with Crippen molar-refractivity contribution in [2.24, 2.45) is 0 Å². The number of aryl methyl sites for hydroxylation is 2. The zero-order chi connectivity index (χ0) is 18.7. The van der Waals surface area contributed by atoms with Gasteiger partial charge in [-0.15, -0.1) is 0 Å². The van der Waals surface area contributed by atoms with E-state index in [0.717, 1.165) is 22.1 Å². The van der Waals surface area contributed by atoms with Crippen LogP contribution in [0.25, 0.3) is 10.8 Å². The highest BCUT2D eigenvalue weighted by Gasteiger charge is 2.19. The van der Waals surface area contributed by atoms with Gasteiger partial charge in [-0.25, -0.2) is 0 Å². The molecular weight excluding hydrogens is 322 g/mol. The normalized spacial score (nSPS) is 13.2. The quantitative estimate of drug-likeness (QED) is 0.697. The molecule has 0 aromatic heterocycles. The largest absolute Gasteiger partial charge is 0.480 e. The van der Waals surface area contributed by atoms with Crippen molar-refractivity contribution in [1.29, 1.82) is 0 Å². The molecule has 0 fully saturated rings. The molecule has 0 unspecified atom stereocenters. The first kappa shape index (κ1) is 18.0. The summed E-state index contributed by atoms with van der Waals surface area (Å²) in [4.78, 5) is 12.6. The van der Waals surface area contributed by atoms with Gasteiger partial charge in [0, 0.05) is 5.39 Å². The van der Waals surface area contributed by atoms with Crippen LogP contribution in [0, 0.1) is 13.8 Å². The fraction of sp³-hybridized carbons (Fsp3) is 0.261. The maximum atomic E-state index is 12.6. The molecule has 0 heterocycles. The van der Waals surface area contributed by atoms with Crippen LogP contribution in [-0.4, -0.2) is 12.0 Å². The van der Waals surface area contributed by atoms with Crippen LogP contribution in [0.2, 0.25) is 0 Å². The Labute approximate surface area is 155 Å². The maximum absolute atomic E-state index is 12.6. The van der Waals surface area contributed by atoms with Gasteiger partial charge in [0.1, 0.15) is 5.75 Å². The standard InChI is InChI=1S/C23H25NO2/c1-15-12-13-16(2)21(14-15)17(3)24-23(25)18(4)26-22-11-7-9-19-8-5-6-10-20(19)22/h5-14,17-18H,1-4H3,(H,24,25)/t17-,18+/m0/s1. The van der Waals surface area contributed by atoms with Crippen LogP contribution in [0.3, 0.4) is 0 Å². The summed E-state index contributed by atoms with van der Waals surface area (Å²) in [6.45, 7) is 7.91. The fourth-order valence-corrected chi connectivity index (χ4v) is 3.18. The highest BCUT2D eigenvalue weighted by molar-refractivity contribution is 5.89. The minimum absolute atomic E-state index is 0.0685. The number of ether oxygens (including phenoxy) is 1. The third-order valence-corrected chi connectivity index (χ3v) is 4.68. The average Bonchev–Trinajstić information content (AvgIpc) is 2.63. The minimum atomic E-state index is -0.576. The summed E-state index contributed by atoms with van der Waals surface area (Å²) < 4.78 is 5.97. The van der Waals surface area contributed by atoms with Gasteiger partial charge in [0.2, 0.25) is 0 Å². The van der Waals surface area contributed by atoms with Crippen LogP contribution < -0.4 is 10.1 Å². The highest BCUT2D eigenvalue weighted by atomic mass is 16.5. The number of carbonyl (C=O) groups is 1. The summed E-state index contributed by atoms with van der Waals surface area (Å²) in [6, 6.07) is 20.1. The molecule has 2 atom stereocenters. The Morgan fingerprint density at radius 2 is 1.69 bits per heavy atom. The molecule has 3 nitrogen and oxygen atoms in total. The molecule has 3 aromatic rings. The lowest BCUT2D eigenvalue weighted by Gasteiger charge is -2.21. The maximum Gasteiger partial charge on any atom is 0.261 e. The van der Waals surface area contributed by atoms with Crippen LogP contribution >= 0.6 is 0 Å². The Morgan fingerprint density at radius 1 is 0.962 bits per heavy atom. The van der Waals surface area contributed by atoms with Crippen LogP contribution in [0.15, 0.2) is 60.7 Å². The van der Waals surface area contributed by atoms with Crippen LogP contribution in [0.1, 0.15) is 36.6 Å². The monoisotopic (exact) mass is 347 g/mol. The molecule has 0 aliphatic carbocycles. The van der Waals surface area contributed by atoms with E-state index in [9.17, 15) is 4.79 Å². The molecule has 0 bridgehead atoms. The molecular formula is C23H25NO2. The van der Waals surface area contributed by atoms with Crippen LogP contribution in [0.4, 0.5) is 0 Å². The summed E-state index contributed by atoms with van der Waals surface area (Å²) in [5.74, 6) is 0.608. The number of amides is 1. The van der Waals surface area contributed by atoms with Crippen molar-refractivity contribution in [2.45, 2.75) is 39.8 Å². The summed E-state index contributed by atoms with van der Waals surface area (Å²) in [5.41, 5.74) is 3.49. The molecule has 0 aliphatic heterocycles. The van der Waals surface area contributed by atoms with Gasteiger partial charge in [0.05, 0.1) is 6.04 Å². The van der Waals surface area contributed by atoms with Gasteiger partial charge < -0.3 is 10.1 Å². The van der Waals surface area contributed by atoms with E-state index >= 15 is 0 Å². The lowest BCUT2D eigenvalue weighted by Crippen LogP contribution is -2.38. The van der Waals surface area contributed by atoms with Gasteiger partial charge in [-0.05, 0) is 50.3 Å². The SMILES string of the molecule is Cc1ccc(C)c([C@H](C)NC(=O)[C@@H](C)Oc2cccc3ccccc23)c1. The summed E-state index contributed by atoms with van der Waals surface area (Å²) in [6.07, 6.45) is -0.576. The average molecular weight is 347 g/mol. The molecule has 0 saturated carbocycles. The van der Waals surface area contributed by atoms with E-state index in [4.69, 9.17) is 4.74 Å². The second-order valence-corrected chi connectivity index (χ2v) is 6.83. The molecule has 1 amide bonds. The Morgan fingerprint density at radius 3 is 2.50 bits per heavy atom. The lowest BCUT2D eigenvalue weighted by molar-refractivity contribution is -0.127. The number of hydrogen-bond donors (Lipinski definition) is 1. The first-order valence-corrected chi connectivity index (χ1v) is 8.97. The predicted molar refractivity (Wildman–Crippen MR) is 107 cm³/mol. The van der Waals surface area contributed by atoms with E-state index in [1.54, 1.807) is 6.92 Å². The van der Waals surface area contributed by atoms with Crippen LogP contribution in [0.5, 0.6) is 5.75 Å². The van der Waals surface area contributed by atoms with Gasteiger partial charge in [-0.2, -0.15) is 0 Å². The predicted octanol–water partition coefficient (Wildman–Crippen LogP) is 5.10. The molecule has 0 aliphatic rings. The Bertz CT molecular complexity index is 927. The van der Waals surface area contributed by atoms with Gasteiger partial charge in [0.25, 0.3) is 5.91 Å². The van der Waals surface area contributed by atoms with Crippen LogP contribution in [-0.2, 0) is 4.79 Å². The third-order valence-electron chi connectivity index (χ3n) is 4.68. The third kappa shape index (κ3) is 3.88. The molecule has 26 heavy (non-hydrogen) atoms. The Balaban J connectivity index is 1.72. The number of hydrogen-bond acceptors (Lipinski definition) is 2. The number of benzene rings is 3. The molecule has 0 saturated heterocycles. The van der Waals surface area contributed by atoms with E-state index in [-0.39, 0.29) is 11.9 Å². The van der Waals surface area contributed by atoms with Gasteiger partial charge in [-0.3, -0.25) is 4.79 Å². The van der Waals surface area contributed by atoms with Crippen molar-refractivity contribution < 1.29 is 9.53 Å². The van der Waals surface area contributed by atoms with Crippen molar-refractivity contribution in [3.63, 3.8) is 0 Å². The molecule has 3 heteroatoms. The number of rotatable bonds is 5. The first-order chi connectivity index (χ1) is 12.5. The van der Waals surface area contributed by atoms with Gasteiger partial charge in [-0.1, -0.05) is 60.2 Å². The minimum Gasteiger partial charge on any atom is -0.480 e. The van der Waals surface area contributed by atoms with Crippen molar-refractivity contribution in [3.05, 3.63) is 77.4 Å². The van der Waals surface area contributed by atoms with E-state index < -0.39 is 6.10 Å². The number of nitrogens with one attached hydrogen (secondary N) is 1. The second kappa shape index (κ2) is 7.61. The summed E-state index contributed by atoms with van der Waals surface area (Å²) in [7, 11) is 0. The van der Waals surface area contributed by atoms with Crippen molar-refractivity contribution in [2.75, 3.05) is 0 Å². The topological polar surface area (TPSA) is 38.3 Å². The zero-order valence-electron chi connectivity index (χ0n) is 15.7. The number of carbonyl (C=O) groups excluding carboxylic acids is 1. The lowest BCUT2D eigenvalue weighted by atomic mass is 10.00. The van der Waals surface area contributed by atoms with Crippen molar-refractivity contribution in [1.82, 2.24) is 5.32 Å². The molecule has 134 valence electrons. The number of fused-ring (bicyclic) bond motifs is 1. The Kier molecular flexibility index (Phi) is 5.27. The highest BCUT2D eigenvalue weighted by Crippen LogP contribution is 2.26. The second-order valence-electron chi connectivity index (χ2n) is 6.83. The molecule has 3 rings (SSSR count). The van der Waals surface area contributed by atoms with E-state index in [2.05, 4.69) is 37.4 Å². The molecule has 3 aromatic carbocycles. The Hall–Kier alpha value is -2.81. The first-order valence-electron chi connectivity index (χ1n) is 8.97. The van der Waals surface area contributed by atoms with Crippen molar-refractivity contribution >= 4 is 16.7 Å². The van der Waals surface area contributed by atoms with E-state index in [0.29, 0.717) is 0 Å². The van der Waals surface area contributed by atoms with E-state index in [1.165, 1.54) is 11.1 Å². The summed E-state index contributed by atoms with van der Waals surface area (Å²) in [5, 5.41) is 5.18. The summed E-state index contributed by atoms with van der Waals surface area (Å²) >= 11 is 0. The molecule has 0 spiro atoms. The fourth-order valence-electron chi connectivity index (χ4n) is 3.18. The van der Waals surface area contributed by atoms with Crippen molar-refractivity contribution in [3.8, 4) is 5.75 Å². The van der Waals surface area contributed by atoms with Gasteiger partial charge >= 0.3 is 0 Å². The molecule has 1 N–H and O–H groups in total. The van der Waals surface area contributed by atoms with E-state index in [1.807, 2.05) is 49.4 Å². The zero-order valence-corrected chi connectivity index (χ0v) is 15.7.